The summed E-state index contributed by atoms with van der Waals surface area (Å²) in [6.07, 6.45) is -1.83. The van der Waals surface area contributed by atoms with Crippen LogP contribution in [-0.2, 0) is 27.3 Å². The molecule has 1 aliphatic heterocycles. The van der Waals surface area contributed by atoms with Crippen molar-refractivity contribution in [3.63, 3.8) is 0 Å². The average Bonchev–Trinajstić information content (AvgIpc) is 2.04. The maximum atomic E-state index is 10.8. The van der Waals surface area contributed by atoms with Gasteiger partial charge in [-0.1, -0.05) is 0 Å². The van der Waals surface area contributed by atoms with Crippen molar-refractivity contribution in [2.45, 2.75) is 6.10 Å². The van der Waals surface area contributed by atoms with Crippen LogP contribution in [0.2, 0.25) is 0 Å². The minimum Gasteiger partial charge on any atom is -0.479 e. The fourth-order valence-corrected chi connectivity index (χ4v) is 2.82. The molecule has 0 amide bonds. The van der Waals surface area contributed by atoms with E-state index in [9.17, 15) is 13.9 Å². The molecule has 0 aromatic carbocycles. The highest BCUT2D eigenvalue weighted by molar-refractivity contribution is 7.61. The van der Waals surface area contributed by atoms with Gasteiger partial charge < -0.3 is 14.9 Å². The fourth-order valence-electron chi connectivity index (χ4n) is 0.643. The van der Waals surface area contributed by atoms with Gasteiger partial charge in [0.15, 0.2) is 6.10 Å². The van der Waals surface area contributed by atoms with Gasteiger partial charge in [0.25, 0.3) is 0 Å². The summed E-state index contributed by atoms with van der Waals surface area (Å²) in [5, 5.41) is 8.40. The number of rotatable bonds is 1. The minimum absolute atomic E-state index is 0.854. The highest BCUT2D eigenvalue weighted by Gasteiger charge is 2.43. The van der Waals surface area contributed by atoms with Gasteiger partial charge in [-0.15, -0.1) is 0 Å². The minimum atomic E-state index is -4.88. The van der Waals surface area contributed by atoms with Crippen LogP contribution in [0.5, 0.6) is 0 Å². The molecule has 3 N–H and O–H groups in total. The number of carboxylic acid groups (broad SMARTS) is 1. The molecule has 1 saturated heterocycles. The van der Waals surface area contributed by atoms with Gasteiger partial charge in [-0.2, -0.15) is 4.31 Å². The molecule has 0 spiro atoms. The molecule has 0 aliphatic carbocycles. The number of carboxylic acids is 1. The lowest BCUT2D eigenvalue weighted by Crippen LogP contribution is -2.26. The van der Waals surface area contributed by atoms with Crippen molar-refractivity contribution in [1.29, 1.82) is 0 Å². The van der Waals surface area contributed by atoms with E-state index < -0.39 is 34.3 Å². The SMILES string of the molecule is O=C(O)[C@H]1COP(=O)(O)OP(=O)(O)O1. The summed E-state index contributed by atoms with van der Waals surface area (Å²) in [6.45, 7) is -0.854. The molecule has 2 unspecified atom stereocenters. The number of aliphatic carboxylic acids is 1. The second kappa shape index (κ2) is 3.71. The third-order valence-corrected chi connectivity index (χ3v) is 3.78. The Morgan fingerprint density at radius 2 is 1.86 bits per heavy atom. The van der Waals surface area contributed by atoms with Gasteiger partial charge in [0.1, 0.15) is 0 Å². The van der Waals surface area contributed by atoms with Gasteiger partial charge in [-0.3, -0.25) is 9.05 Å². The van der Waals surface area contributed by atoms with Crippen molar-refractivity contribution >= 4 is 21.6 Å². The summed E-state index contributed by atoms with van der Waals surface area (Å²) in [5.74, 6) is -1.61. The summed E-state index contributed by atoms with van der Waals surface area (Å²) in [4.78, 5) is 27.8. The Kier molecular flexibility index (Phi) is 3.13. The number of phosphoric ester groups is 2. The van der Waals surface area contributed by atoms with E-state index >= 15 is 0 Å². The number of carbonyl (C=O) groups is 1. The molecule has 3 atom stereocenters. The first-order valence-corrected chi connectivity index (χ1v) is 6.14. The van der Waals surface area contributed by atoms with Crippen LogP contribution in [0.25, 0.3) is 0 Å². The average molecular weight is 248 g/mol. The summed E-state index contributed by atoms with van der Waals surface area (Å²) in [6, 6.07) is 0. The zero-order valence-electron chi connectivity index (χ0n) is 6.47. The van der Waals surface area contributed by atoms with Crippen molar-refractivity contribution < 1.29 is 42.2 Å². The van der Waals surface area contributed by atoms with Crippen LogP contribution in [0.3, 0.4) is 0 Å². The molecule has 1 rings (SSSR count). The predicted molar refractivity (Wildman–Crippen MR) is 39.2 cm³/mol. The van der Waals surface area contributed by atoms with Crippen LogP contribution in [0, 0.1) is 0 Å². The van der Waals surface area contributed by atoms with E-state index in [0.29, 0.717) is 0 Å². The van der Waals surface area contributed by atoms with Crippen LogP contribution in [0.1, 0.15) is 0 Å². The number of hydrogen-bond donors (Lipinski definition) is 3. The van der Waals surface area contributed by atoms with E-state index in [1.165, 1.54) is 0 Å². The zero-order chi connectivity index (χ0) is 11.0. The standard InChI is InChI=1S/C3H6O9P2/c4-3(5)2-1-10-13(6,7)12-14(8,9)11-2/h2H,1H2,(H,4,5)(H,6,7)(H,8,9)/t2-/m1/s1. The second-order valence-electron chi connectivity index (χ2n) is 2.25. The zero-order valence-corrected chi connectivity index (χ0v) is 8.26. The molecule has 1 heterocycles. The van der Waals surface area contributed by atoms with E-state index in [2.05, 4.69) is 13.4 Å². The summed E-state index contributed by atoms with van der Waals surface area (Å²) < 4.78 is 33.3. The fraction of sp³-hybridized carbons (Fsp3) is 0.667. The summed E-state index contributed by atoms with van der Waals surface area (Å²) >= 11 is 0. The van der Waals surface area contributed by atoms with Crippen LogP contribution >= 0.6 is 15.6 Å². The molecular formula is C3H6O9P2. The van der Waals surface area contributed by atoms with Crippen molar-refractivity contribution in [3.05, 3.63) is 0 Å². The van der Waals surface area contributed by atoms with E-state index in [4.69, 9.17) is 14.9 Å². The lowest BCUT2D eigenvalue weighted by atomic mass is 10.4. The van der Waals surface area contributed by atoms with Gasteiger partial charge >= 0.3 is 21.6 Å². The van der Waals surface area contributed by atoms with Crippen LogP contribution in [0.15, 0.2) is 0 Å². The third kappa shape index (κ3) is 3.14. The Labute approximate surface area is 77.4 Å². The Balaban J connectivity index is 2.90. The van der Waals surface area contributed by atoms with Crippen LogP contribution < -0.4 is 0 Å². The highest BCUT2D eigenvalue weighted by Crippen LogP contribution is 2.62. The first kappa shape index (κ1) is 11.8. The van der Waals surface area contributed by atoms with E-state index in [1.807, 2.05) is 0 Å². The lowest BCUT2D eigenvalue weighted by Gasteiger charge is -2.10. The predicted octanol–water partition coefficient (Wildman–Crippen LogP) is -0.296. The number of phosphoric acid groups is 2. The van der Waals surface area contributed by atoms with Crippen molar-refractivity contribution in [3.8, 4) is 0 Å². The molecule has 0 bridgehead atoms. The van der Waals surface area contributed by atoms with Crippen molar-refractivity contribution in [2.24, 2.45) is 0 Å². The summed E-state index contributed by atoms with van der Waals surface area (Å²) in [7, 11) is -9.61. The van der Waals surface area contributed by atoms with E-state index in [1.54, 1.807) is 0 Å². The largest absolute Gasteiger partial charge is 0.482 e. The number of hydrogen-bond acceptors (Lipinski definition) is 6. The van der Waals surface area contributed by atoms with Gasteiger partial charge in [0.05, 0.1) is 6.61 Å². The molecule has 9 nitrogen and oxygen atoms in total. The molecule has 11 heteroatoms. The molecule has 1 aliphatic rings. The first-order chi connectivity index (χ1) is 6.22. The Morgan fingerprint density at radius 1 is 1.29 bits per heavy atom. The molecule has 14 heavy (non-hydrogen) atoms. The van der Waals surface area contributed by atoms with E-state index in [-0.39, 0.29) is 0 Å². The van der Waals surface area contributed by atoms with Gasteiger partial charge in [0.2, 0.25) is 0 Å². The van der Waals surface area contributed by atoms with Gasteiger partial charge in [0, 0.05) is 0 Å². The maximum absolute atomic E-state index is 10.8. The van der Waals surface area contributed by atoms with E-state index in [0.717, 1.165) is 0 Å². The van der Waals surface area contributed by atoms with Gasteiger partial charge in [-0.25, -0.2) is 13.9 Å². The maximum Gasteiger partial charge on any atom is 0.482 e. The van der Waals surface area contributed by atoms with Crippen LogP contribution in [0.4, 0.5) is 0 Å². The molecule has 0 saturated carbocycles. The first-order valence-electron chi connectivity index (χ1n) is 3.14. The smallest absolute Gasteiger partial charge is 0.479 e. The lowest BCUT2D eigenvalue weighted by molar-refractivity contribution is -0.146. The molecule has 0 radical (unpaired) electrons. The monoisotopic (exact) mass is 248 g/mol. The second-order valence-corrected chi connectivity index (χ2v) is 5.24. The van der Waals surface area contributed by atoms with Gasteiger partial charge in [-0.05, 0) is 0 Å². The molecule has 0 aromatic rings. The Bertz CT molecular complexity index is 335. The molecular weight excluding hydrogens is 242 g/mol. The highest BCUT2D eigenvalue weighted by atomic mass is 31.3. The normalized spacial score (nSPS) is 44.3. The Morgan fingerprint density at radius 3 is 2.36 bits per heavy atom. The Hall–Kier alpha value is -0.270. The van der Waals surface area contributed by atoms with Crippen LogP contribution in [-0.4, -0.2) is 33.6 Å². The third-order valence-electron chi connectivity index (χ3n) is 1.13. The quantitative estimate of drug-likeness (QED) is 0.533. The molecule has 1 fully saturated rings. The van der Waals surface area contributed by atoms with Crippen molar-refractivity contribution in [2.75, 3.05) is 6.61 Å². The van der Waals surface area contributed by atoms with Crippen molar-refractivity contribution in [1.82, 2.24) is 0 Å². The molecule has 0 aromatic heterocycles. The topological polar surface area (TPSA) is 140 Å². The summed E-state index contributed by atoms with van der Waals surface area (Å²) in [5.41, 5.74) is 0. The molecule has 82 valence electrons.